The molecule has 3 atom stereocenters. The van der Waals surface area contributed by atoms with Crippen LogP contribution in [0.3, 0.4) is 0 Å². The Bertz CT molecular complexity index is 1870. The summed E-state index contributed by atoms with van der Waals surface area (Å²) in [4.78, 5) is 34.0. The molecule has 4 aromatic rings. The minimum atomic E-state index is -4.90. The van der Waals surface area contributed by atoms with Crippen molar-refractivity contribution in [1.82, 2.24) is 24.7 Å². The second-order valence-electron chi connectivity index (χ2n) is 11.2. The zero-order valence-electron chi connectivity index (χ0n) is 24.4. The maximum absolute atomic E-state index is 15.4. The van der Waals surface area contributed by atoms with Crippen LogP contribution in [0.1, 0.15) is 44.2 Å². The number of halogens is 7. The number of aliphatic hydroxyl groups excluding tert-OH is 1. The van der Waals surface area contributed by atoms with Crippen molar-refractivity contribution in [2.75, 3.05) is 16.8 Å². The molecule has 1 saturated heterocycles. The maximum atomic E-state index is 15.4. The van der Waals surface area contributed by atoms with E-state index in [-0.39, 0.29) is 41.7 Å². The molecule has 4 heterocycles. The Morgan fingerprint density at radius 3 is 2.52 bits per heavy atom. The van der Waals surface area contributed by atoms with Crippen LogP contribution in [0.4, 0.5) is 42.2 Å². The van der Waals surface area contributed by atoms with Crippen LogP contribution in [-0.4, -0.2) is 54.6 Å². The standard InChI is InChI=1S/C29H28F7N7O3/c1-14(39-22-12-38-41-26(45)23(22)29(34,35)36)4-3-6-42-7-5-16-9-19(21(30)10-18(16)27(42)46)24-37-11-20(28(31,32)33)25(40-24)43-13-17(44)8-15(43)2/h5,7,9-12,14-15,17,44H,3-4,6,8,13H2,1-2H3,(H2,39,41,45)/t14-,15-,17+/m0/s1. The zero-order valence-corrected chi connectivity index (χ0v) is 24.4. The first-order valence-electron chi connectivity index (χ1n) is 14.2. The number of anilines is 2. The van der Waals surface area contributed by atoms with Gasteiger partial charge in [-0.05, 0) is 56.7 Å². The summed E-state index contributed by atoms with van der Waals surface area (Å²) in [6, 6.07) is 2.74. The van der Waals surface area contributed by atoms with Gasteiger partial charge in [-0.25, -0.2) is 19.5 Å². The fraction of sp³-hybridized carbons (Fsp3) is 0.414. The number of hydrogen-bond acceptors (Lipinski definition) is 8. The molecule has 1 aliphatic heterocycles. The zero-order chi connectivity index (χ0) is 33.6. The van der Waals surface area contributed by atoms with E-state index in [4.69, 9.17) is 0 Å². The summed E-state index contributed by atoms with van der Waals surface area (Å²) in [5.41, 5.74) is -5.16. The van der Waals surface area contributed by atoms with Crippen molar-refractivity contribution in [2.24, 2.45) is 0 Å². The highest BCUT2D eigenvalue weighted by molar-refractivity contribution is 5.86. The second kappa shape index (κ2) is 12.3. The van der Waals surface area contributed by atoms with E-state index in [9.17, 15) is 41.0 Å². The van der Waals surface area contributed by atoms with Crippen molar-refractivity contribution in [1.29, 1.82) is 0 Å². The number of rotatable bonds is 8. The number of aromatic nitrogens is 5. The number of aryl methyl sites for hydroxylation is 1. The van der Waals surface area contributed by atoms with Crippen LogP contribution in [-0.2, 0) is 18.9 Å². The van der Waals surface area contributed by atoms with Crippen molar-refractivity contribution >= 4 is 22.3 Å². The highest BCUT2D eigenvalue weighted by atomic mass is 19.4. The van der Waals surface area contributed by atoms with Crippen LogP contribution in [0.25, 0.3) is 22.2 Å². The fourth-order valence-electron chi connectivity index (χ4n) is 5.57. The van der Waals surface area contributed by atoms with Gasteiger partial charge in [-0.15, -0.1) is 0 Å². The van der Waals surface area contributed by atoms with Gasteiger partial charge in [0.1, 0.15) is 22.8 Å². The Kier molecular flexibility index (Phi) is 8.81. The highest BCUT2D eigenvalue weighted by Crippen LogP contribution is 2.39. The summed E-state index contributed by atoms with van der Waals surface area (Å²) < 4.78 is 98.0. The second-order valence-corrected chi connectivity index (χ2v) is 11.2. The van der Waals surface area contributed by atoms with E-state index in [1.54, 1.807) is 18.9 Å². The molecule has 0 unspecified atom stereocenters. The molecule has 0 bridgehead atoms. The average Bonchev–Trinajstić information content (AvgIpc) is 3.30. The lowest BCUT2D eigenvalue weighted by molar-refractivity contribution is -0.138. The van der Waals surface area contributed by atoms with E-state index in [2.05, 4.69) is 20.4 Å². The maximum Gasteiger partial charge on any atom is 0.423 e. The van der Waals surface area contributed by atoms with Gasteiger partial charge < -0.3 is 19.9 Å². The van der Waals surface area contributed by atoms with Crippen LogP contribution in [0.5, 0.6) is 0 Å². The molecule has 0 spiro atoms. The topological polar surface area (TPSA) is 129 Å². The molecular formula is C29H28F7N7O3. The van der Waals surface area contributed by atoms with Crippen LogP contribution >= 0.6 is 0 Å². The third kappa shape index (κ3) is 6.68. The summed E-state index contributed by atoms with van der Waals surface area (Å²) in [6.45, 7) is 3.29. The molecule has 246 valence electrons. The Morgan fingerprint density at radius 2 is 1.87 bits per heavy atom. The lowest BCUT2D eigenvalue weighted by atomic mass is 10.1. The summed E-state index contributed by atoms with van der Waals surface area (Å²) in [5.74, 6) is -1.75. The minimum Gasteiger partial charge on any atom is -0.391 e. The monoisotopic (exact) mass is 655 g/mol. The number of benzene rings is 1. The lowest BCUT2D eigenvalue weighted by Gasteiger charge is -2.26. The molecule has 3 aromatic heterocycles. The van der Waals surface area contributed by atoms with Gasteiger partial charge >= 0.3 is 12.4 Å². The summed E-state index contributed by atoms with van der Waals surface area (Å²) in [6.07, 6.45) is -6.83. The predicted molar refractivity (Wildman–Crippen MR) is 154 cm³/mol. The quantitative estimate of drug-likeness (QED) is 0.228. The Morgan fingerprint density at radius 1 is 1.13 bits per heavy atom. The van der Waals surface area contributed by atoms with E-state index in [0.717, 1.165) is 12.3 Å². The molecule has 0 amide bonds. The highest BCUT2D eigenvalue weighted by Gasteiger charge is 2.40. The van der Waals surface area contributed by atoms with Gasteiger partial charge in [0.15, 0.2) is 5.82 Å². The Hall–Kier alpha value is -4.54. The van der Waals surface area contributed by atoms with Crippen molar-refractivity contribution in [3.05, 3.63) is 74.4 Å². The van der Waals surface area contributed by atoms with Crippen LogP contribution in [0, 0.1) is 5.82 Å². The van der Waals surface area contributed by atoms with Gasteiger partial charge in [-0.1, -0.05) is 0 Å². The number of aromatic amines is 1. The molecule has 10 nitrogen and oxygen atoms in total. The lowest BCUT2D eigenvalue weighted by Crippen LogP contribution is -2.31. The van der Waals surface area contributed by atoms with E-state index in [1.807, 2.05) is 0 Å². The minimum absolute atomic E-state index is 0.0113. The molecule has 3 N–H and O–H groups in total. The van der Waals surface area contributed by atoms with Gasteiger partial charge in [0, 0.05) is 37.6 Å². The molecule has 0 aliphatic carbocycles. The molecule has 1 fully saturated rings. The van der Waals surface area contributed by atoms with E-state index < -0.39 is 70.1 Å². The van der Waals surface area contributed by atoms with Gasteiger partial charge in [0.05, 0.1) is 28.9 Å². The predicted octanol–water partition coefficient (Wildman–Crippen LogP) is 4.96. The molecule has 46 heavy (non-hydrogen) atoms. The molecule has 1 aromatic carbocycles. The third-order valence-corrected chi connectivity index (χ3v) is 7.78. The smallest absolute Gasteiger partial charge is 0.391 e. The molecule has 5 rings (SSSR count). The number of β-amino-alcohol motifs (C(OH)–C–C–N with tert-alkyl or cyclic N) is 1. The molecular weight excluding hydrogens is 627 g/mol. The first-order chi connectivity index (χ1) is 21.5. The van der Waals surface area contributed by atoms with Crippen molar-refractivity contribution in [2.45, 2.75) is 70.2 Å². The first kappa shape index (κ1) is 32.8. The van der Waals surface area contributed by atoms with Crippen LogP contribution < -0.4 is 21.3 Å². The first-order valence-corrected chi connectivity index (χ1v) is 14.2. The van der Waals surface area contributed by atoms with Gasteiger partial charge in [0.2, 0.25) is 0 Å². The molecule has 17 heteroatoms. The molecule has 1 aliphatic rings. The van der Waals surface area contributed by atoms with Gasteiger partial charge in [-0.2, -0.15) is 31.4 Å². The number of hydrogen-bond donors (Lipinski definition) is 3. The van der Waals surface area contributed by atoms with Crippen LogP contribution in [0.2, 0.25) is 0 Å². The molecule has 0 radical (unpaired) electrons. The summed E-state index contributed by atoms with van der Waals surface area (Å²) in [5, 5.41) is 18.1. The number of alkyl halides is 6. The Balaban J connectivity index is 1.36. The van der Waals surface area contributed by atoms with Crippen molar-refractivity contribution in [3.63, 3.8) is 0 Å². The summed E-state index contributed by atoms with van der Waals surface area (Å²) in [7, 11) is 0. The SMILES string of the molecule is C[C@@H](CCCn1ccc2cc(-c3ncc(C(F)(F)F)c(N4C[C@H](O)C[C@@H]4C)n3)c(F)cc2c1=O)Nc1cn[nH]c(=O)c1C(F)(F)F. The van der Waals surface area contributed by atoms with Gasteiger partial charge in [0.25, 0.3) is 11.1 Å². The fourth-order valence-corrected chi connectivity index (χ4v) is 5.57. The number of pyridine rings is 1. The summed E-state index contributed by atoms with van der Waals surface area (Å²) >= 11 is 0. The van der Waals surface area contributed by atoms with E-state index in [1.165, 1.54) is 27.8 Å². The average molecular weight is 656 g/mol. The van der Waals surface area contributed by atoms with Crippen LogP contribution in [0.15, 0.2) is 46.4 Å². The number of H-pyrrole nitrogens is 1. The Labute approximate surface area is 255 Å². The van der Waals surface area contributed by atoms with E-state index in [0.29, 0.717) is 19.0 Å². The van der Waals surface area contributed by atoms with Crippen molar-refractivity contribution < 1.29 is 35.8 Å². The van der Waals surface area contributed by atoms with E-state index >= 15 is 4.39 Å². The van der Waals surface area contributed by atoms with Crippen molar-refractivity contribution in [3.8, 4) is 11.4 Å². The normalized spacial score (nSPS) is 17.9. The largest absolute Gasteiger partial charge is 0.423 e. The third-order valence-electron chi connectivity index (χ3n) is 7.78. The number of fused-ring (bicyclic) bond motifs is 1. The van der Waals surface area contributed by atoms with Gasteiger partial charge in [-0.3, -0.25) is 9.59 Å². The number of nitrogens with zero attached hydrogens (tertiary/aromatic N) is 5. The number of nitrogens with one attached hydrogen (secondary N) is 2. The molecule has 0 saturated carbocycles. The number of aliphatic hydroxyl groups is 1.